The van der Waals surface area contributed by atoms with Crippen LogP contribution < -0.4 is 20.3 Å². The lowest BCUT2D eigenvalue weighted by Gasteiger charge is -2.14. The number of likely N-dealkylation sites (N-methyl/N-ethyl adjacent to an activating group) is 1. The van der Waals surface area contributed by atoms with Crippen molar-refractivity contribution < 1.29 is 23.6 Å². The monoisotopic (exact) mass is 366 g/mol. The highest BCUT2D eigenvalue weighted by molar-refractivity contribution is 6.31. The molecule has 0 radical (unpaired) electrons. The van der Waals surface area contributed by atoms with E-state index in [-0.39, 0.29) is 24.9 Å². The van der Waals surface area contributed by atoms with Crippen molar-refractivity contribution in [3.63, 3.8) is 0 Å². The second-order valence-corrected chi connectivity index (χ2v) is 6.00. The van der Waals surface area contributed by atoms with Gasteiger partial charge in [-0.25, -0.2) is 0 Å². The Hall–Kier alpha value is -2.51. The molecule has 1 unspecified atom stereocenters. The molecule has 0 spiro atoms. The third kappa shape index (κ3) is 6.13. The van der Waals surface area contributed by atoms with Crippen molar-refractivity contribution in [1.82, 2.24) is 5.32 Å². The van der Waals surface area contributed by atoms with Gasteiger partial charge >= 0.3 is 0 Å². The summed E-state index contributed by atoms with van der Waals surface area (Å²) in [6, 6.07) is 8.51. The Morgan fingerprint density at radius 1 is 1.24 bits per heavy atom. The first kappa shape index (κ1) is 18.8. The highest BCUT2D eigenvalue weighted by atomic mass is 35.5. The minimum atomic E-state index is -0.239. The molecule has 2 rings (SSSR count). The lowest BCUT2D eigenvalue weighted by atomic mass is 10.3. The van der Waals surface area contributed by atoms with Crippen LogP contribution in [0.25, 0.3) is 0 Å². The van der Waals surface area contributed by atoms with Crippen molar-refractivity contribution in [3.8, 4) is 5.75 Å². The van der Waals surface area contributed by atoms with Crippen molar-refractivity contribution in [1.29, 1.82) is 0 Å². The third-order valence-electron chi connectivity index (χ3n) is 3.40. The topological polar surface area (TPSA) is 85.0 Å². The average molecular weight is 367 g/mol. The van der Waals surface area contributed by atoms with E-state index in [1.165, 1.54) is 7.11 Å². The van der Waals surface area contributed by atoms with Crippen LogP contribution in [0.4, 0.5) is 5.69 Å². The number of carbonyl (C=O) groups excluding carboxylic acids is 2. The van der Waals surface area contributed by atoms with E-state index in [4.69, 9.17) is 20.8 Å². The Bertz CT molecular complexity index is 719. The summed E-state index contributed by atoms with van der Waals surface area (Å²) < 4.78 is 10.3. The summed E-state index contributed by atoms with van der Waals surface area (Å²) in [4.78, 5) is 24.8. The summed E-state index contributed by atoms with van der Waals surface area (Å²) in [5.74, 6) is 0.794. The number of nitrogens with one attached hydrogen (secondary N) is 3. The lowest BCUT2D eigenvalue weighted by Crippen LogP contribution is -3.11. The van der Waals surface area contributed by atoms with E-state index in [0.29, 0.717) is 28.8 Å². The van der Waals surface area contributed by atoms with Gasteiger partial charge in [-0.1, -0.05) is 11.6 Å². The zero-order chi connectivity index (χ0) is 18.2. The Morgan fingerprint density at radius 3 is 2.68 bits per heavy atom. The van der Waals surface area contributed by atoms with Crippen LogP contribution in [0.1, 0.15) is 5.76 Å². The summed E-state index contributed by atoms with van der Waals surface area (Å²) in [5, 5.41) is 5.98. The fourth-order valence-electron chi connectivity index (χ4n) is 2.24. The molecule has 0 saturated heterocycles. The van der Waals surface area contributed by atoms with E-state index in [1.807, 2.05) is 0 Å². The number of ether oxygens (including phenoxy) is 1. The molecule has 2 aromatic rings. The predicted molar refractivity (Wildman–Crippen MR) is 93.8 cm³/mol. The van der Waals surface area contributed by atoms with Gasteiger partial charge in [-0.2, -0.15) is 0 Å². The Kier molecular flexibility index (Phi) is 6.85. The molecule has 8 heteroatoms. The smallest absolute Gasteiger partial charge is 0.279 e. The molecule has 7 nitrogen and oxygen atoms in total. The first-order valence-corrected chi connectivity index (χ1v) is 8.09. The SMILES string of the molecule is COc1ccc(Cl)cc1NC(=O)C[NH+](C)CC(=O)NCc1ccco1. The van der Waals surface area contributed by atoms with Crippen molar-refractivity contribution in [2.75, 3.05) is 32.6 Å². The number of quaternary nitrogens is 1. The first-order valence-electron chi connectivity index (χ1n) is 7.71. The molecular weight excluding hydrogens is 346 g/mol. The van der Waals surface area contributed by atoms with Gasteiger partial charge < -0.3 is 24.7 Å². The van der Waals surface area contributed by atoms with Crippen LogP contribution >= 0.6 is 11.6 Å². The van der Waals surface area contributed by atoms with Crippen molar-refractivity contribution in [2.45, 2.75) is 6.54 Å². The average Bonchev–Trinajstić information content (AvgIpc) is 3.06. The summed E-state index contributed by atoms with van der Waals surface area (Å²) in [7, 11) is 3.28. The summed E-state index contributed by atoms with van der Waals surface area (Å²) >= 11 is 5.94. The van der Waals surface area contributed by atoms with Crippen molar-refractivity contribution >= 4 is 29.1 Å². The molecule has 1 aromatic carbocycles. The quantitative estimate of drug-likeness (QED) is 0.642. The van der Waals surface area contributed by atoms with Gasteiger partial charge in [0.25, 0.3) is 11.8 Å². The minimum Gasteiger partial charge on any atom is -0.495 e. The molecule has 0 saturated carbocycles. The molecule has 1 aromatic heterocycles. The number of halogens is 1. The maximum Gasteiger partial charge on any atom is 0.279 e. The summed E-state index contributed by atoms with van der Waals surface area (Å²) in [6.07, 6.45) is 1.55. The Morgan fingerprint density at radius 2 is 2.00 bits per heavy atom. The number of amides is 2. The highest BCUT2D eigenvalue weighted by Crippen LogP contribution is 2.27. The maximum atomic E-state index is 12.2. The molecule has 0 bridgehead atoms. The molecule has 0 fully saturated rings. The fourth-order valence-corrected chi connectivity index (χ4v) is 2.42. The molecule has 1 atom stereocenters. The number of furan rings is 1. The molecule has 134 valence electrons. The van der Waals surface area contributed by atoms with E-state index < -0.39 is 0 Å². The number of hydrogen-bond acceptors (Lipinski definition) is 4. The second-order valence-electron chi connectivity index (χ2n) is 5.56. The molecule has 0 aliphatic carbocycles. The van der Waals surface area contributed by atoms with E-state index in [9.17, 15) is 9.59 Å². The molecule has 3 N–H and O–H groups in total. The predicted octanol–water partition coefficient (Wildman–Crippen LogP) is 0.711. The van der Waals surface area contributed by atoms with Crippen LogP contribution in [-0.4, -0.2) is 39.1 Å². The number of anilines is 1. The number of hydrogen-bond donors (Lipinski definition) is 3. The molecule has 0 aliphatic rings. The molecule has 1 heterocycles. The maximum absolute atomic E-state index is 12.2. The zero-order valence-electron chi connectivity index (χ0n) is 14.1. The van der Waals surface area contributed by atoms with Gasteiger partial charge in [-0.05, 0) is 30.3 Å². The molecule has 0 aliphatic heterocycles. The summed E-state index contributed by atoms with van der Waals surface area (Å²) in [6.45, 7) is 0.621. The third-order valence-corrected chi connectivity index (χ3v) is 3.64. The van der Waals surface area contributed by atoms with Gasteiger partial charge in [0.2, 0.25) is 0 Å². The number of methoxy groups -OCH3 is 1. The second kappa shape index (κ2) is 9.10. The zero-order valence-corrected chi connectivity index (χ0v) is 14.9. The van der Waals surface area contributed by atoms with Crippen molar-refractivity contribution in [2.24, 2.45) is 0 Å². The van der Waals surface area contributed by atoms with Crippen LogP contribution in [-0.2, 0) is 16.1 Å². The van der Waals surface area contributed by atoms with Crippen LogP contribution in [0, 0.1) is 0 Å². The van der Waals surface area contributed by atoms with Crippen LogP contribution in [0.3, 0.4) is 0 Å². The van der Waals surface area contributed by atoms with Gasteiger partial charge in [0.15, 0.2) is 13.1 Å². The summed E-state index contributed by atoms with van der Waals surface area (Å²) in [5.41, 5.74) is 0.495. The highest BCUT2D eigenvalue weighted by Gasteiger charge is 2.16. The van der Waals surface area contributed by atoms with Gasteiger partial charge in [-0.3, -0.25) is 9.59 Å². The van der Waals surface area contributed by atoms with Crippen molar-refractivity contribution in [3.05, 3.63) is 47.4 Å². The van der Waals surface area contributed by atoms with Gasteiger partial charge in [0, 0.05) is 5.02 Å². The first-order chi connectivity index (χ1) is 12.0. The molecular formula is C17H21ClN3O4+. The number of rotatable bonds is 8. The van der Waals surface area contributed by atoms with Crippen LogP contribution in [0.5, 0.6) is 5.75 Å². The van der Waals surface area contributed by atoms with Gasteiger partial charge in [0.1, 0.15) is 11.5 Å². The minimum absolute atomic E-state index is 0.129. The normalized spacial score (nSPS) is 11.6. The van der Waals surface area contributed by atoms with E-state index in [0.717, 1.165) is 4.90 Å². The fraction of sp³-hybridized carbons (Fsp3) is 0.294. The standard InChI is InChI=1S/C17H20ClN3O4/c1-21(10-16(22)19-9-13-4-3-7-25-13)11-17(23)20-14-8-12(18)5-6-15(14)24-2/h3-8H,9-11H2,1-2H3,(H,19,22)(H,20,23)/p+1. The molecule has 25 heavy (non-hydrogen) atoms. The largest absolute Gasteiger partial charge is 0.495 e. The van der Waals surface area contributed by atoms with Crippen LogP contribution in [0.15, 0.2) is 41.0 Å². The lowest BCUT2D eigenvalue weighted by molar-refractivity contribution is -0.862. The van der Waals surface area contributed by atoms with E-state index >= 15 is 0 Å². The van der Waals surface area contributed by atoms with E-state index in [1.54, 1.807) is 43.6 Å². The Labute approximate surface area is 150 Å². The number of benzene rings is 1. The van der Waals surface area contributed by atoms with Gasteiger partial charge in [0.05, 0.1) is 32.7 Å². The van der Waals surface area contributed by atoms with E-state index in [2.05, 4.69) is 10.6 Å². The molecule has 2 amide bonds. The number of carbonyl (C=O) groups is 2. The Balaban J connectivity index is 1.79. The van der Waals surface area contributed by atoms with Crippen LogP contribution in [0.2, 0.25) is 5.02 Å². The van der Waals surface area contributed by atoms with Gasteiger partial charge in [-0.15, -0.1) is 0 Å².